The summed E-state index contributed by atoms with van der Waals surface area (Å²) in [4.78, 5) is 0. The van der Waals surface area contributed by atoms with Crippen molar-refractivity contribution in [1.82, 2.24) is 0 Å². The van der Waals surface area contributed by atoms with Crippen LogP contribution < -0.4 is 0 Å². The summed E-state index contributed by atoms with van der Waals surface area (Å²) in [6.45, 7) is 1.02. The Kier molecular flexibility index (Phi) is 1.27. The highest BCUT2D eigenvalue weighted by atomic mass is 16.8. The molecule has 7 heavy (non-hydrogen) atoms. The van der Waals surface area contributed by atoms with Gasteiger partial charge in [-0.25, -0.2) is 0 Å². The summed E-state index contributed by atoms with van der Waals surface area (Å²) in [6, 6.07) is 0. The molecule has 0 bridgehead atoms. The van der Waals surface area contributed by atoms with Crippen LogP contribution in [0.1, 0.15) is 6.92 Å². The molecule has 0 saturated carbocycles. The van der Waals surface area contributed by atoms with Gasteiger partial charge in [-0.15, -0.1) is 0 Å². The van der Waals surface area contributed by atoms with Crippen LogP contribution in [0, 0.1) is 0 Å². The third-order valence-electron chi connectivity index (χ3n) is 0.810. The van der Waals surface area contributed by atoms with E-state index in [1.165, 1.54) is 0 Å². The molecule has 1 saturated heterocycles. The van der Waals surface area contributed by atoms with Gasteiger partial charge in [0.25, 0.3) is 0 Å². The highest BCUT2D eigenvalue weighted by Gasteiger charge is 2.20. The van der Waals surface area contributed by atoms with E-state index in [4.69, 9.17) is 0 Å². The molecule has 1 radical (unpaired) electrons. The summed E-state index contributed by atoms with van der Waals surface area (Å²) in [7, 11) is 0. The molecule has 1 rings (SSSR count). The molecule has 0 aliphatic carbocycles. The number of rotatable bonds is 0. The third kappa shape index (κ3) is 1.12. The van der Waals surface area contributed by atoms with Crippen molar-refractivity contribution < 1.29 is 14.6 Å². The Balaban J connectivity index is 2.26. The van der Waals surface area contributed by atoms with Crippen molar-refractivity contribution in [3.8, 4) is 0 Å². The van der Waals surface area contributed by atoms with Crippen LogP contribution in [-0.4, -0.2) is 19.2 Å². The molecule has 41 valence electrons. The van der Waals surface area contributed by atoms with Crippen molar-refractivity contribution >= 4 is 0 Å². The smallest absolute Gasteiger partial charge is 0.301 e. The summed E-state index contributed by atoms with van der Waals surface area (Å²) >= 11 is 0. The summed E-state index contributed by atoms with van der Waals surface area (Å²) in [6.07, 6.45) is -0.0116. The van der Waals surface area contributed by atoms with Gasteiger partial charge in [-0.1, -0.05) is 0 Å². The molecule has 1 aliphatic rings. The van der Waals surface area contributed by atoms with Crippen molar-refractivity contribution in [3.63, 3.8) is 0 Å². The maximum Gasteiger partial charge on any atom is 0.301 e. The van der Waals surface area contributed by atoms with Crippen LogP contribution in [0.25, 0.3) is 0 Å². The Morgan fingerprint density at radius 1 is 1.71 bits per heavy atom. The SMILES string of the molecule is CC1COC([O])O1. The topological polar surface area (TPSA) is 38.4 Å². The molecule has 1 heterocycles. The van der Waals surface area contributed by atoms with Crippen molar-refractivity contribution in [2.24, 2.45) is 0 Å². The summed E-state index contributed by atoms with van der Waals surface area (Å²) in [5, 5.41) is 10.1. The second-order valence-electron chi connectivity index (χ2n) is 1.57. The van der Waals surface area contributed by atoms with Crippen molar-refractivity contribution in [2.45, 2.75) is 19.5 Å². The van der Waals surface area contributed by atoms with Crippen LogP contribution in [0.15, 0.2) is 0 Å². The fourth-order valence-corrected chi connectivity index (χ4v) is 0.482. The maximum atomic E-state index is 10.1. The Bertz CT molecular complexity index is 56.0. The molecule has 3 nitrogen and oxygen atoms in total. The van der Waals surface area contributed by atoms with Gasteiger partial charge in [0.2, 0.25) is 0 Å². The average Bonchev–Trinajstić information content (AvgIpc) is 1.87. The fourth-order valence-electron chi connectivity index (χ4n) is 0.482. The van der Waals surface area contributed by atoms with E-state index >= 15 is 0 Å². The highest BCUT2D eigenvalue weighted by Crippen LogP contribution is 2.06. The van der Waals surface area contributed by atoms with Crippen LogP contribution in [0.4, 0.5) is 0 Å². The van der Waals surface area contributed by atoms with Gasteiger partial charge in [-0.05, 0) is 6.92 Å². The first kappa shape index (κ1) is 5.03. The molecular weight excluding hydrogens is 96.0 g/mol. The predicted octanol–water partition coefficient (Wildman–Crippen LogP) is 0.136. The van der Waals surface area contributed by atoms with E-state index in [0.29, 0.717) is 6.61 Å². The molecular formula is C4H7O3. The largest absolute Gasteiger partial charge is 0.325 e. The molecule has 1 fully saturated rings. The molecule has 0 aromatic heterocycles. The molecule has 2 atom stereocenters. The van der Waals surface area contributed by atoms with Gasteiger partial charge >= 0.3 is 6.48 Å². The highest BCUT2D eigenvalue weighted by molar-refractivity contribution is 4.50. The van der Waals surface area contributed by atoms with Gasteiger partial charge in [0, 0.05) is 0 Å². The lowest BCUT2D eigenvalue weighted by atomic mass is 10.5. The molecule has 0 amide bonds. The molecule has 0 aromatic carbocycles. The minimum atomic E-state index is -1.23. The van der Waals surface area contributed by atoms with E-state index in [-0.39, 0.29) is 6.10 Å². The maximum absolute atomic E-state index is 10.1. The first-order valence-corrected chi connectivity index (χ1v) is 2.22. The Hall–Kier alpha value is -0.120. The lowest BCUT2D eigenvalue weighted by molar-refractivity contribution is -0.238. The van der Waals surface area contributed by atoms with E-state index in [1.54, 1.807) is 6.92 Å². The lowest BCUT2D eigenvalue weighted by Crippen LogP contribution is -2.05. The van der Waals surface area contributed by atoms with Crippen LogP contribution in [0.2, 0.25) is 0 Å². The summed E-state index contributed by atoms with van der Waals surface area (Å²) in [5.74, 6) is 0. The Morgan fingerprint density at radius 3 is 2.57 bits per heavy atom. The summed E-state index contributed by atoms with van der Waals surface area (Å²) in [5.41, 5.74) is 0. The minimum absolute atomic E-state index is 0.0116. The molecule has 3 heteroatoms. The van der Waals surface area contributed by atoms with Crippen LogP contribution in [-0.2, 0) is 14.6 Å². The van der Waals surface area contributed by atoms with E-state index in [2.05, 4.69) is 9.47 Å². The number of ether oxygens (including phenoxy) is 2. The van der Waals surface area contributed by atoms with Crippen molar-refractivity contribution in [2.75, 3.05) is 6.61 Å². The number of hydrogen-bond donors (Lipinski definition) is 0. The average molecular weight is 103 g/mol. The molecule has 0 N–H and O–H groups in total. The summed E-state index contributed by atoms with van der Waals surface area (Å²) < 4.78 is 9.07. The Morgan fingerprint density at radius 2 is 2.43 bits per heavy atom. The Labute approximate surface area is 41.8 Å². The predicted molar refractivity (Wildman–Crippen MR) is 21.0 cm³/mol. The minimum Gasteiger partial charge on any atom is -0.325 e. The number of hydrogen-bond acceptors (Lipinski definition) is 2. The zero-order valence-corrected chi connectivity index (χ0v) is 4.09. The molecule has 0 spiro atoms. The standard InChI is InChI=1S/C4H7O3/c1-3-2-6-4(5)7-3/h3-4H,2H2,1H3. The van der Waals surface area contributed by atoms with Crippen molar-refractivity contribution in [1.29, 1.82) is 0 Å². The lowest BCUT2D eigenvalue weighted by Gasteiger charge is -1.94. The fraction of sp³-hybridized carbons (Fsp3) is 1.00. The molecule has 2 unspecified atom stereocenters. The second-order valence-corrected chi connectivity index (χ2v) is 1.57. The first-order chi connectivity index (χ1) is 3.29. The zero-order chi connectivity index (χ0) is 5.28. The van der Waals surface area contributed by atoms with Gasteiger partial charge in [0.05, 0.1) is 12.7 Å². The van der Waals surface area contributed by atoms with Gasteiger partial charge < -0.3 is 9.47 Å². The first-order valence-electron chi connectivity index (χ1n) is 2.22. The quantitative estimate of drug-likeness (QED) is 0.437. The van der Waals surface area contributed by atoms with Crippen molar-refractivity contribution in [3.05, 3.63) is 0 Å². The normalized spacial score (nSPS) is 42.0. The van der Waals surface area contributed by atoms with E-state index in [1.807, 2.05) is 0 Å². The molecule has 1 aliphatic heterocycles. The van der Waals surface area contributed by atoms with E-state index < -0.39 is 6.48 Å². The van der Waals surface area contributed by atoms with Gasteiger partial charge in [-0.3, -0.25) is 0 Å². The van der Waals surface area contributed by atoms with Crippen LogP contribution in [0.3, 0.4) is 0 Å². The van der Waals surface area contributed by atoms with Gasteiger partial charge in [0.15, 0.2) is 0 Å². The van der Waals surface area contributed by atoms with E-state index in [9.17, 15) is 5.11 Å². The third-order valence-corrected chi connectivity index (χ3v) is 0.810. The van der Waals surface area contributed by atoms with Gasteiger partial charge in [-0.2, -0.15) is 5.11 Å². The zero-order valence-electron chi connectivity index (χ0n) is 4.09. The second kappa shape index (κ2) is 1.78. The van der Waals surface area contributed by atoms with Gasteiger partial charge in [0.1, 0.15) is 0 Å². The monoisotopic (exact) mass is 103 g/mol. The van der Waals surface area contributed by atoms with E-state index in [0.717, 1.165) is 0 Å². The van der Waals surface area contributed by atoms with Crippen LogP contribution >= 0.6 is 0 Å². The van der Waals surface area contributed by atoms with Crippen LogP contribution in [0.5, 0.6) is 0 Å². The molecule has 0 aromatic rings.